The molecule has 0 bridgehead atoms. The van der Waals surface area contributed by atoms with Crippen molar-refractivity contribution in [2.24, 2.45) is 0 Å². The fourth-order valence-electron chi connectivity index (χ4n) is 2.74. The van der Waals surface area contributed by atoms with Crippen LogP contribution in [-0.4, -0.2) is 16.1 Å². The van der Waals surface area contributed by atoms with Gasteiger partial charge in [-0.3, -0.25) is 9.89 Å². The molecule has 1 heterocycles. The van der Waals surface area contributed by atoms with Crippen molar-refractivity contribution in [1.29, 1.82) is 0 Å². The second-order valence-corrected chi connectivity index (χ2v) is 5.51. The maximum absolute atomic E-state index is 12.1. The average Bonchev–Trinajstić information content (AvgIpc) is 3.09. The second kappa shape index (κ2) is 5.49. The molecule has 3 rings (SSSR count). The Balaban J connectivity index is 1.68. The van der Waals surface area contributed by atoms with E-state index in [0.717, 1.165) is 11.3 Å². The van der Waals surface area contributed by atoms with E-state index >= 15 is 0 Å². The van der Waals surface area contributed by atoms with Gasteiger partial charge in [0.1, 0.15) is 0 Å². The van der Waals surface area contributed by atoms with Crippen molar-refractivity contribution in [2.75, 3.05) is 5.32 Å². The number of nitrogens with zero attached hydrogens (tertiary/aromatic N) is 1. The first-order chi connectivity index (χ1) is 9.72. The van der Waals surface area contributed by atoms with Gasteiger partial charge in [0.15, 0.2) is 5.82 Å². The summed E-state index contributed by atoms with van der Waals surface area (Å²) in [6.45, 7) is 2.00. The van der Waals surface area contributed by atoms with Gasteiger partial charge < -0.3 is 5.32 Å². The Bertz CT molecular complexity index is 594. The molecule has 0 radical (unpaired) electrons. The van der Waals surface area contributed by atoms with Crippen molar-refractivity contribution in [3.05, 3.63) is 47.2 Å². The molecule has 1 aliphatic rings. The fraction of sp³-hybridized carbons (Fsp3) is 0.375. The van der Waals surface area contributed by atoms with Gasteiger partial charge in [0, 0.05) is 23.2 Å². The van der Waals surface area contributed by atoms with E-state index in [-0.39, 0.29) is 5.91 Å². The number of rotatable bonds is 3. The largest absolute Gasteiger partial charge is 0.305 e. The molecule has 0 unspecified atom stereocenters. The van der Waals surface area contributed by atoms with Crippen molar-refractivity contribution in [3.8, 4) is 0 Å². The van der Waals surface area contributed by atoms with Crippen LogP contribution in [0.2, 0.25) is 0 Å². The summed E-state index contributed by atoms with van der Waals surface area (Å²) in [6, 6.07) is 9.49. The third kappa shape index (κ3) is 2.74. The molecule has 0 atom stereocenters. The number of H-pyrrole nitrogens is 1. The first-order valence-corrected chi connectivity index (χ1v) is 7.16. The predicted octanol–water partition coefficient (Wildman–Crippen LogP) is 3.63. The molecule has 1 aliphatic carbocycles. The van der Waals surface area contributed by atoms with Crippen LogP contribution in [0.15, 0.2) is 30.3 Å². The van der Waals surface area contributed by atoms with Gasteiger partial charge in [-0.1, -0.05) is 30.5 Å². The Morgan fingerprint density at radius 2 is 1.95 bits per heavy atom. The minimum atomic E-state index is -0.116. The molecule has 1 aromatic carbocycles. The maximum atomic E-state index is 12.1. The van der Waals surface area contributed by atoms with E-state index in [1.165, 1.54) is 25.7 Å². The van der Waals surface area contributed by atoms with Crippen LogP contribution in [-0.2, 0) is 0 Å². The summed E-state index contributed by atoms with van der Waals surface area (Å²) in [4.78, 5) is 12.1. The van der Waals surface area contributed by atoms with E-state index in [4.69, 9.17) is 0 Å². The molecule has 1 fully saturated rings. The second-order valence-electron chi connectivity index (χ2n) is 5.51. The van der Waals surface area contributed by atoms with E-state index in [9.17, 15) is 4.79 Å². The zero-order valence-corrected chi connectivity index (χ0v) is 11.6. The lowest BCUT2D eigenvalue weighted by Crippen LogP contribution is -2.11. The Labute approximate surface area is 118 Å². The zero-order valence-electron chi connectivity index (χ0n) is 11.6. The molecule has 4 nitrogen and oxygen atoms in total. The minimum absolute atomic E-state index is 0.116. The number of carbonyl (C=O) groups is 1. The van der Waals surface area contributed by atoms with E-state index in [2.05, 4.69) is 15.5 Å². The van der Waals surface area contributed by atoms with Crippen molar-refractivity contribution >= 4 is 11.7 Å². The normalized spacial score (nSPS) is 15.4. The van der Waals surface area contributed by atoms with Gasteiger partial charge in [-0.25, -0.2) is 0 Å². The molecule has 20 heavy (non-hydrogen) atoms. The zero-order chi connectivity index (χ0) is 13.9. The number of aromatic nitrogens is 2. The number of amides is 1. The average molecular weight is 269 g/mol. The van der Waals surface area contributed by atoms with E-state index in [1.807, 2.05) is 37.3 Å². The molecule has 2 N–H and O–H groups in total. The quantitative estimate of drug-likeness (QED) is 0.894. The van der Waals surface area contributed by atoms with Gasteiger partial charge >= 0.3 is 0 Å². The van der Waals surface area contributed by atoms with Crippen molar-refractivity contribution in [2.45, 2.75) is 38.5 Å². The molecular weight excluding hydrogens is 250 g/mol. The van der Waals surface area contributed by atoms with Gasteiger partial charge in [-0.2, -0.15) is 5.10 Å². The Morgan fingerprint density at radius 1 is 1.25 bits per heavy atom. The summed E-state index contributed by atoms with van der Waals surface area (Å²) < 4.78 is 0. The van der Waals surface area contributed by atoms with Crippen molar-refractivity contribution in [1.82, 2.24) is 10.2 Å². The highest BCUT2D eigenvalue weighted by molar-refractivity contribution is 6.03. The first-order valence-electron chi connectivity index (χ1n) is 7.16. The Morgan fingerprint density at radius 3 is 2.65 bits per heavy atom. The van der Waals surface area contributed by atoms with Crippen LogP contribution in [0.3, 0.4) is 0 Å². The summed E-state index contributed by atoms with van der Waals surface area (Å²) in [6.07, 6.45) is 5.00. The summed E-state index contributed by atoms with van der Waals surface area (Å²) in [5.74, 6) is 1.07. The molecule has 104 valence electrons. The third-order valence-corrected chi connectivity index (χ3v) is 3.95. The summed E-state index contributed by atoms with van der Waals surface area (Å²) in [7, 11) is 0. The molecular formula is C16H19N3O. The molecule has 2 aromatic rings. The van der Waals surface area contributed by atoms with Crippen LogP contribution in [0, 0.1) is 6.92 Å². The lowest BCUT2D eigenvalue weighted by atomic mass is 10.0. The van der Waals surface area contributed by atoms with Gasteiger partial charge in [-0.05, 0) is 31.9 Å². The van der Waals surface area contributed by atoms with Gasteiger partial charge in [0.2, 0.25) is 0 Å². The highest BCUT2D eigenvalue weighted by Gasteiger charge is 2.19. The van der Waals surface area contributed by atoms with Crippen LogP contribution < -0.4 is 5.32 Å². The van der Waals surface area contributed by atoms with Crippen molar-refractivity contribution < 1.29 is 4.79 Å². The summed E-state index contributed by atoms with van der Waals surface area (Å²) in [5.41, 5.74) is 2.94. The molecule has 0 spiro atoms. The number of hydrogen-bond donors (Lipinski definition) is 2. The SMILES string of the molecule is Cc1ccc(C(=O)Nc2cc(C3CCCC3)[nH]n2)cc1. The van der Waals surface area contributed by atoms with Gasteiger partial charge in [0.25, 0.3) is 5.91 Å². The maximum Gasteiger partial charge on any atom is 0.256 e. The van der Waals surface area contributed by atoms with E-state index in [1.54, 1.807) is 0 Å². The molecule has 1 saturated carbocycles. The molecule has 4 heteroatoms. The Hall–Kier alpha value is -2.10. The van der Waals surface area contributed by atoms with Crippen LogP contribution in [0.25, 0.3) is 0 Å². The van der Waals surface area contributed by atoms with Crippen molar-refractivity contribution in [3.63, 3.8) is 0 Å². The smallest absolute Gasteiger partial charge is 0.256 e. The fourth-order valence-corrected chi connectivity index (χ4v) is 2.74. The highest BCUT2D eigenvalue weighted by atomic mass is 16.1. The summed E-state index contributed by atoms with van der Waals surface area (Å²) >= 11 is 0. The number of hydrogen-bond acceptors (Lipinski definition) is 2. The molecule has 1 amide bonds. The number of carbonyl (C=O) groups excluding carboxylic acids is 1. The van der Waals surface area contributed by atoms with Crippen LogP contribution in [0.4, 0.5) is 5.82 Å². The van der Waals surface area contributed by atoms with Gasteiger partial charge in [-0.15, -0.1) is 0 Å². The summed E-state index contributed by atoms with van der Waals surface area (Å²) in [5, 5.41) is 10.1. The number of aromatic amines is 1. The standard InChI is InChI=1S/C16H19N3O/c1-11-6-8-13(9-7-11)16(20)17-15-10-14(18-19-15)12-4-2-3-5-12/h6-10,12H,2-5H2,1H3,(H2,17,18,19,20). The third-order valence-electron chi connectivity index (χ3n) is 3.95. The number of benzene rings is 1. The lowest BCUT2D eigenvalue weighted by Gasteiger charge is -2.04. The van der Waals surface area contributed by atoms with Gasteiger partial charge in [0.05, 0.1) is 0 Å². The lowest BCUT2D eigenvalue weighted by molar-refractivity contribution is 0.102. The van der Waals surface area contributed by atoms with Crippen LogP contribution in [0.5, 0.6) is 0 Å². The molecule has 1 aromatic heterocycles. The molecule has 0 saturated heterocycles. The number of aryl methyl sites for hydroxylation is 1. The van der Waals surface area contributed by atoms with E-state index in [0.29, 0.717) is 17.3 Å². The monoisotopic (exact) mass is 269 g/mol. The number of anilines is 1. The molecule has 0 aliphatic heterocycles. The highest BCUT2D eigenvalue weighted by Crippen LogP contribution is 2.33. The first kappa shape index (κ1) is 12.9. The predicted molar refractivity (Wildman–Crippen MR) is 78.9 cm³/mol. The minimum Gasteiger partial charge on any atom is -0.305 e. The topological polar surface area (TPSA) is 57.8 Å². The van der Waals surface area contributed by atoms with Crippen LogP contribution in [0.1, 0.15) is 53.2 Å². The van der Waals surface area contributed by atoms with E-state index < -0.39 is 0 Å². The number of nitrogens with one attached hydrogen (secondary N) is 2. The Kier molecular flexibility index (Phi) is 3.54. The van der Waals surface area contributed by atoms with Crippen LogP contribution >= 0.6 is 0 Å².